The number of benzene rings is 1. The van der Waals surface area contributed by atoms with Crippen molar-refractivity contribution in [3.05, 3.63) is 63.4 Å². The number of likely N-dealkylation sites (N-methyl/N-ethyl adjacent to an activating group) is 1. The summed E-state index contributed by atoms with van der Waals surface area (Å²) in [7, 11) is 1.91. The van der Waals surface area contributed by atoms with E-state index in [9.17, 15) is 0 Å². The Balaban J connectivity index is 2.25. The quantitative estimate of drug-likeness (QED) is 0.914. The van der Waals surface area contributed by atoms with Crippen molar-refractivity contribution in [3.63, 3.8) is 0 Å². The van der Waals surface area contributed by atoms with Gasteiger partial charge in [0.15, 0.2) is 0 Å². The van der Waals surface area contributed by atoms with E-state index in [0.717, 1.165) is 12.1 Å². The Bertz CT molecular complexity index is 570. The van der Waals surface area contributed by atoms with Gasteiger partial charge in [-0.15, -0.1) is 0 Å². The van der Waals surface area contributed by atoms with Crippen molar-refractivity contribution in [2.75, 3.05) is 7.05 Å². The largest absolute Gasteiger partial charge is 0.311 e. The summed E-state index contributed by atoms with van der Waals surface area (Å²) in [6.45, 7) is 2.09. The van der Waals surface area contributed by atoms with Gasteiger partial charge in [-0.3, -0.25) is 4.98 Å². The fourth-order valence-corrected chi connectivity index (χ4v) is 2.60. The summed E-state index contributed by atoms with van der Waals surface area (Å²) in [5.74, 6) is 0. The van der Waals surface area contributed by atoms with Crippen LogP contribution in [0.15, 0.2) is 36.5 Å². The molecule has 0 saturated heterocycles. The van der Waals surface area contributed by atoms with E-state index in [-0.39, 0.29) is 6.04 Å². The van der Waals surface area contributed by atoms with Crippen molar-refractivity contribution < 1.29 is 0 Å². The normalized spacial score (nSPS) is 12.4. The van der Waals surface area contributed by atoms with Crippen LogP contribution in [0.5, 0.6) is 0 Å². The van der Waals surface area contributed by atoms with Crippen LogP contribution in [0, 0.1) is 6.92 Å². The van der Waals surface area contributed by atoms with Gasteiger partial charge in [-0.05, 0) is 32.0 Å². The minimum Gasteiger partial charge on any atom is -0.311 e. The van der Waals surface area contributed by atoms with Gasteiger partial charge in [0.1, 0.15) is 0 Å². The molecule has 0 fully saturated rings. The summed E-state index contributed by atoms with van der Waals surface area (Å²) in [5.41, 5.74) is 3.34. The smallest absolute Gasteiger partial charge is 0.0763 e. The minimum absolute atomic E-state index is 0.0755. The van der Waals surface area contributed by atoms with Crippen molar-refractivity contribution in [1.82, 2.24) is 10.3 Å². The molecule has 100 valence electrons. The third kappa shape index (κ3) is 3.69. The van der Waals surface area contributed by atoms with E-state index in [1.807, 2.05) is 7.05 Å². The standard InChI is InChI=1S/C15H16Cl2N2/c1-10-4-3-5-11(6-10)7-14(18-2)15-13(17)8-12(16)9-19-15/h3-6,8-9,14,18H,7H2,1-2H3. The highest BCUT2D eigenvalue weighted by Gasteiger charge is 2.15. The van der Waals surface area contributed by atoms with Crippen LogP contribution in [0.1, 0.15) is 22.9 Å². The van der Waals surface area contributed by atoms with E-state index >= 15 is 0 Å². The molecule has 0 aliphatic rings. The van der Waals surface area contributed by atoms with Gasteiger partial charge < -0.3 is 5.32 Å². The molecule has 1 aromatic carbocycles. The van der Waals surface area contributed by atoms with E-state index in [0.29, 0.717) is 10.0 Å². The van der Waals surface area contributed by atoms with Crippen molar-refractivity contribution in [2.24, 2.45) is 0 Å². The molecule has 19 heavy (non-hydrogen) atoms. The topological polar surface area (TPSA) is 24.9 Å². The number of aromatic nitrogens is 1. The lowest BCUT2D eigenvalue weighted by Crippen LogP contribution is -2.20. The van der Waals surface area contributed by atoms with Crippen LogP contribution in [-0.4, -0.2) is 12.0 Å². The Kier molecular flexibility index (Phi) is 4.81. The Morgan fingerprint density at radius 2 is 2.05 bits per heavy atom. The first kappa shape index (κ1) is 14.3. The molecule has 0 aliphatic carbocycles. The van der Waals surface area contributed by atoms with Gasteiger partial charge in [-0.1, -0.05) is 53.0 Å². The zero-order valence-corrected chi connectivity index (χ0v) is 12.5. The predicted molar refractivity (Wildman–Crippen MR) is 80.9 cm³/mol. The molecule has 1 unspecified atom stereocenters. The maximum absolute atomic E-state index is 6.21. The van der Waals surface area contributed by atoms with E-state index in [4.69, 9.17) is 23.2 Å². The fourth-order valence-electron chi connectivity index (χ4n) is 2.09. The second-order valence-electron chi connectivity index (χ2n) is 4.56. The Labute approximate surface area is 123 Å². The Morgan fingerprint density at radius 3 is 2.68 bits per heavy atom. The molecular weight excluding hydrogens is 279 g/mol. The van der Waals surface area contributed by atoms with Crippen LogP contribution in [0.2, 0.25) is 10.0 Å². The zero-order chi connectivity index (χ0) is 13.8. The van der Waals surface area contributed by atoms with E-state index < -0.39 is 0 Å². The van der Waals surface area contributed by atoms with Crippen molar-refractivity contribution in [1.29, 1.82) is 0 Å². The van der Waals surface area contributed by atoms with Gasteiger partial charge >= 0.3 is 0 Å². The minimum atomic E-state index is 0.0755. The summed E-state index contributed by atoms with van der Waals surface area (Å²) in [5, 5.41) is 4.41. The molecule has 0 radical (unpaired) electrons. The molecule has 0 aliphatic heterocycles. The second kappa shape index (κ2) is 6.38. The SMILES string of the molecule is CNC(Cc1cccc(C)c1)c1ncc(Cl)cc1Cl. The van der Waals surface area contributed by atoms with Crippen molar-refractivity contribution in [3.8, 4) is 0 Å². The molecule has 0 amide bonds. The third-order valence-electron chi connectivity index (χ3n) is 3.04. The summed E-state index contributed by atoms with van der Waals surface area (Å²) in [4.78, 5) is 4.34. The molecule has 1 atom stereocenters. The number of halogens is 2. The highest BCUT2D eigenvalue weighted by molar-refractivity contribution is 6.34. The highest BCUT2D eigenvalue weighted by atomic mass is 35.5. The number of hydrogen-bond acceptors (Lipinski definition) is 2. The van der Waals surface area contributed by atoms with Gasteiger partial charge in [0.2, 0.25) is 0 Å². The third-order valence-corrected chi connectivity index (χ3v) is 3.55. The number of hydrogen-bond donors (Lipinski definition) is 1. The lowest BCUT2D eigenvalue weighted by atomic mass is 10.0. The van der Waals surface area contributed by atoms with Gasteiger partial charge in [0, 0.05) is 6.20 Å². The number of nitrogens with one attached hydrogen (secondary N) is 1. The first-order chi connectivity index (χ1) is 9.10. The molecule has 4 heteroatoms. The molecule has 1 heterocycles. The lowest BCUT2D eigenvalue weighted by molar-refractivity contribution is 0.576. The second-order valence-corrected chi connectivity index (χ2v) is 5.40. The van der Waals surface area contributed by atoms with Gasteiger partial charge in [0.05, 0.1) is 21.8 Å². The van der Waals surface area contributed by atoms with E-state index in [2.05, 4.69) is 41.5 Å². The molecule has 1 aromatic heterocycles. The van der Waals surface area contributed by atoms with Crippen LogP contribution in [0.3, 0.4) is 0 Å². The van der Waals surface area contributed by atoms with Crippen LogP contribution in [0.25, 0.3) is 0 Å². The van der Waals surface area contributed by atoms with Crippen LogP contribution in [0.4, 0.5) is 0 Å². The average Bonchev–Trinajstić information content (AvgIpc) is 2.37. The van der Waals surface area contributed by atoms with Gasteiger partial charge in [0.25, 0.3) is 0 Å². The number of pyridine rings is 1. The molecule has 1 N–H and O–H groups in total. The van der Waals surface area contributed by atoms with E-state index in [1.165, 1.54) is 11.1 Å². The zero-order valence-electron chi connectivity index (χ0n) is 11.0. The van der Waals surface area contributed by atoms with Crippen molar-refractivity contribution in [2.45, 2.75) is 19.4 Å². The van der Waals surface area contributed by atoms with Crippen molar-refractivity contribution >= 4 is 23.2 Å². The first-order valence-electron chi connectivity index (χ1n) is 6.14. The van der Waals surface area contributed by atoms with Crippen LogP contribution < -0.4 is 5.32 Å². The lowest BCUT2D eigenvalue weighted by Gasteiger charge is -2.17. The van der Waals surface area contributed by atoms with E-state index in [1.54, 1.807) is 12.3 Å². The number of rotatable bonds is 4. The Morgan fingerprint density at radius 1 is 1.26 bits per heavy atom. The molecule has 2 rings (SSSR count). The summed E-state index contributed by atoms with van der Waals surface area (Å²) < 4.78 is 0. The molecular formula is C15H16Cl2N2. The van der Waals surface area contributed by atoms with Gasteiger partial charge in [-0.25, -0.2) is 0 Å². The molecule has 0 saturated carbocycles. The highest BCUT2D eigenvalue weighted by Crippen LogP contribution is 2.26. The molecule has 0 bridgehead atoms. The number of nitrogens with zero attached hydrogens (tertiary/aromatic N) is 1. The van der Waals surface area contributed by atoms with Gasteiger partial charge in [-0.2, -0.15) is 0 Å². The average molecular weight is 295 g/mol. The predicted octanol–water partition coefficient (Wildman–Crippen LogP) is 4.20. The summed E-state index contributed by atoms with van der Waals surface area (Å²) in [6.07, 6.45) is 2.47. The van der Waals surface area contributed by atoms with Crippen LogP contribution in [-0.2, 0) is 6.42 Å². The Hall–Kier alpha value is -1.09. The fraction of sp³-hybridized carbons (Fsp3) is 0.267. The van der Waals surface area contributed by atoms with Crippen LogP contribution >= 0.6 is 23.2 Å². The summed E-state index contributed by atoms with van der Waals surface area (Å²) in [6, 6.07) is 10.2. The number of aryl methyl sites for hydroxylation is 1. The maximum Gasteiger partial charge on any atom is 0.0763 e. The monoisotopic (exact) mass is 294 g/mol. The maximum atomic E-state index is 6.21. The molecule has 0 spiro atoms. The molecule has 2 aromatic rings. The molecule has 2 nitrogen and oxygen atoms in total. The first-order valence-corrected chi connectivity index (χ1v) is 6.89. The summed E-state index contributed by atoms with van der Waals surface area (Å²) >= 11 is 12.1.